The quantitative estimate of drug-likeness (QED) is 0.802. The average molecular weight is 324 g/mol. The Morgan fingerprint density at radius 1 is 1.32 bits per heavy atom. The molecule has 0 aliphatic carbocycles. The van der Waals surface area contributed by atoms with Gasteiger partial charge < -0.3 is 14.8 Å². The second-order valence-electron chi connectivity index (χ2n) is 4.75. The largest absolute Gasteiger partial charge is 0.586 e. The van der Waals surface area contributed by atoms with E-state index < -0.39 is 6.29 Å². The SMILES string of the molecule is Cn1nccc1CNc1nc2cc3c(cc2s1)OC(F)(F)O3. The van der Waals surface area contributed by atoms with Gasteiger partial charge in [-0.15, -0.1) is 8.78 Å². The van der Waals surface area contributed by atoms with Crippen LogP contribution in [0.5, 0.6) is 11.5 Å². The summed E-state index contributed by atoms with van der Waals surface area (Å²) in [5, 5.41) is 7.95. The van der Waals surface area contributed by atoms with Crippen LogP contribution in [-0.4, -0.2) is 21.1 Å². The van der Waals surface area contributed by atoms with Crippen molar-refractivity contribution in [3.05, 3.63) is 30.1 Å². The maximum Gasteiger partial charge on any atom is 0.586 e. The third-order valence-electron chi connectivity index (χ3n) is 3.25. The summed E-state index contributed by atoms with van der Waals surface area (Å²) in [4.78, 5) is 4.36. The Morgan fingerprint density at radius 3 is 2.82 bits per heavy atom. The van der Waals surface area contributed by atoms with E-state index in [0.29, 0.717) is 17.2 Å². The second kappa shape index (κ2) is 4.54. The van der Waals surface area contributed by atoms with E-state index in [-0.39, 0.29) is 11.5 Å². The van der Waals surface area contributed by atoms with E-state index in [0.717, 1.165) is 10.4 Å². The molecule has 0 saturated heterocycles. The topological polar surface area (TPSA) is 61.2 Å². The molecule has 1 aromatic carbocycles. The first-order valence-electron chi connectivity index (χ1n) is 6.41. The maximum atomic E-state index is 13.0. The van der Waals surface area contributed by atoms with Crippen LogP contribution < -0.4 is 14.8 Å². The van der Waals surface area contributed by atoms with Gasteiger partial charge in [0.2, 0.25) is 0 Å². The first-order chi connectivity index (χ1) is 10.5. The van der Waals surface area contributed by atoms with Crippen molar-refractivity contribution in [1.29, 1.82) is 0 Å². The molecule has 0 fully saturated rings. The van der Waals surface area contributed by atoms with Crippen LogP contribution in [0.15, 0.2) is 24.4 Å². The lowest BCUT2D eigenvalue weighted by molar-refractivity contribution is -0.286. The fourth-order valence-electron chi connectivity index (χ4n) is 2.19. The number of rotatable bonds is 3. The van der Waals surface area contributed by atoms with Crippen molar-refractivity contribution >= 4 is 26.7 Å². The monoisotopic (exact) mass is 324 g/mol. The predicted octanol–water partition coefficient (Wildman–Crippen LogP) is 2.96. The van der Waals surface area contributed by atoms with Crippen LogP contribution in [0.4, 0.5) is 13.9 Å². The summed E-state index contributed by atoms with van der Waals surface area (Å²) >= 11 is 1.36. The van der Waals surface area contributed by atoms with Crippen LogP contribution in [0.2, 0.25) is 0 Å². The first kappa shape index (κ1) is 13.3. The number of anilines is 1. The summed E-state index contributed by atoms with van der Waals surface area (Å²) in [6.07, 6.45) is -1.89. The van der Waals surface area contributed by atoms with Gasteiger partial charge in [0, 0.05) is 25.4 Å². The lowest BCUT2D eigenvalue weighted by Gasteiger charge is -2.04. The van der Waals surface area contributed by atoms with Gasteiger partial charge in [-0.05, 0) is 6.07 Å². The molecule has 4 rings (SSSR count). The minimum atomic E-state index is -3.60. The molecule has 1 N–H and O–H groups in total. The highest BCUT2D eigenvalue weighted by molar-refractivity contribution is 7.22. The summed E-state index contributed by atoms with van der Waals surface area (Å²) in [6, 6.07) is 4.87. The molecule has 0 saturated carbocycles. The maximum absolute atomic E-state index is 13.0. The number of alkyl halides is 2. The Kier molecular flexibility index (Phi) is 2.73. The zero-order chi connectivity index (χ0) is 15.3. The van der Waals surface area contributed by atoms with Crippen molar-refractivity contribution in [2.75, 3.05) is 5.32 Å². The number of ether oxygens (including phenoxy) is 2. The highest BCUT2D eigenvalue weighted by atomic mass is 32.1. The number of hydrogen-bond donors (Lipinski definition) is 1. The molecule has 114 valence electrons. The van der Waals surface area contributed by atoms with E-state index in [1.807, 2.05) is 13.1 Å². The Hall–Kier alpha value is -2.42. The summed E-state index contributed by atoms with van der Waals surface area (Å²) in [5.74, 6) is 0.0281. The third-order valence-corrected chi connectivity index (χ3v) is 4.23. The Morgan fingerprint density at radius 2 is 2.09 bits per heavy atom. The molecule has 9 heteroatoms. The summed E-state index contributed by atoms with van der Waals surface area (Å²) in [7, 11) is 1.86. The molecule has 0 atom stereocenters. The van der Waals surface area contributed by atoms with Crippen LogP contribution in [0.1, 0.15) is 5.69 Å². The number of nitrogens with zero attached hydrogens (tertiary/aromatic N) is 3. The van der Waals surface area contributed by atoms with Crippen LogP contribution in [0.25, 0.3) is 10.2 Å². The number of fused-ring (bicyclic) bond motifs is 2. The van der Waals surface area contributed by atoms with Crippen LogP contribution in [0.3, 0.4) is 0 Å². The number of thiazole rings is 1. The lowest BCUT2D eigenvalue weighted by Crippen LogP contribution is -2.25. The molecule has 2 aromatic heterocycles. The predicted molar refractivity (Wildman–Crippen MR) is 76.4 cm³/mol. The van der Waals surface area contributed by atoms with Crippen molar-refractivity contribution in [2.24, 2.45) is 7.05 Å². The molecular formula is C13H10F2N4O2S. The standard InChI is InChI=1S/C13H10F2N4O2S/c1-19-7(2-3-17-19)6-16-12-18-8-4-9-10(5-11(8)22-12)21-13(14,15)20-9/h2-5H,6H2,1H3,(H,16,18). The van der Waals surface area contributed by atoms with Gasteiger partial charge in [0.1, 0.15) is 0 Å². The number of halogens is 2. The van der Waals surface area contributed by atoms with Crippen LogP contribution >= 0.6 is 11.3 Å². The van der Waals surface area contributed by atoms with Gasteiger partial charge in [-0.25, -0.2) is 4.98 Å². The normalized spacial score (nSPS) is 15.4. The van der Waals surface area contributed by atoms with Gasteiger partial charge in [0.15, 0.2) is 16.6 Å². The Bertz CT molecular complexity index is 816. The van der Waals surface area contributed by atoms with E-state index >= 15 is 0 Å². The number of hydrogen-bond acceptors (Lipinski definition) is 6. The van der Waals surface area contributed by atoms with Crippen molar-refractivity contribution in [2.45, 2.75) is 12.8 Å². The van der Waals surface area contributed by atoms with Crippen molar-refractivity contribution in [3.8, 4) is 11.5 Å². The highest BCUT2D eigenvalue weighted by Gasteiger charge is 2.43. The van der Waals surface area contributed by atoms with Crippen LogP contribution in [-0.2, 0) is 13.6 Å². The molecule has 22 heavy (non-hydrogen) atoms. The zero-order valence-electron chi connectivity index (χ0n) is 11.3. The van der Waals surface area contributed by atoms with Crippen molar-refractivity contribution in [1.82, 2.24) is 14.8 Å². The molecule has 0 radical (unpaired) electrons. The van der Waals surface area contributed by atoms with Gasteiger partial charge in [-0.2, -0.15) is 5.10 Å². The minimum absolute atomic E-state index is 0.000912. The highest BCUT2D eigenvalue weighted by Crippen LogP contribution is 2.44. The van der Waals surface area contributed by atoms with Crippen molar-refractivity contribution in [3.63, 3.8) is 0 Å². The molecule has 0 amide bonds. The molecule has 3 heterocycles. The summed E-state index contributed by atoms with van der Waals surface area (Å²) < 4.78 is 37.4. The van der Waals surface area contributed by atoms with E-state index in [1.165, 1.54) is 23.5 Å². The van der Waals surface area contributed by atoms with Gasteiger partial charge in [0.05, 0.1) is 22.5 Å². The Labute approximate surface area is 127 Å². The van der Waals surface area contributed by atoms with Crippen LogP contribution in [0, 0.1) is 0 Å². The van der Waals surface area contributed by atoms with Gasteiger partial charge in [0.25, 0.3) is 0 Å². The number of aryl methyl sites for hydroxylation is 1. The molecule has 1 aliphatic heterocycles. The van der Waals surface area contributed by atoms with E-state index in [2.05, 4.69) is 24.9 Å². The molecule has 0 unspecified atom stereocenters. The summed E-state index contributed by atoms with van der Waals surface area (Å²) in [5.41, 5.74) is 1.59. The van der Waals surface area contributed by atoms with Gasteiger partial charge >= 0.3 is 6.29 Å². The number of aromatic nitrogens is 3. The summed E-state index contributed by atoms with van der Waals surface area (Å²) in [6.45, 7) is 0.571. The van der Waals surface area contributed by atoms with E-state index in [4.69, 9.17) is 0 Å². The number of nitrogens with one attached hydrogen (secondary N) is 1. The molecular weight excluding hydrogens is 314 g/mol. The second-order valence-corrected chi connectivity index (χ2v) is 5.78. The molecule has 6 nitrogen and oxygen atoms in total. The minimum Gasteiger partial charge on any atom is -0.395 e. The molecule has 1 aliphatic rings. The molecule has 0 spiro atoms. The third kappa shape index (κ3) is 2.23. The van der Waals surface area contributed by atoms with Gasteiger partial charge in [-0.1, -0.05) is 11.3 Å². The smallest absolute Gasteiger partial charge is 0.395 e. The van der Waals surface area contributed by atoms with E-state index in [1.54, 1.807) is 10.9 Å². The van der Waals surface area contributed by atoms with Crippen molar-refractivity contribution < 1.29 is 18.3 Å². The number of benzene rings is 1. The Balaban J connectivity index is 1.59. The molecule has 0 bridgehead atoms. The van der Waals surface area contributed by atoms with Gasteiger partial charge in [-0.3, -0.25) is 4.68 Å². The first-order valence-corrected chi connectivity index (χ1v) is 7.23. The fraction of sp³-hybridized carbons (Fsp3) is 0.231. The molecule has 3 aromatic rings. The average Bonchev–Trinajstić information content (AvgIpc) is 3.08. The zero-order valence-corrected chi connectivity index (χ0v) is 12.2. The fourth-order valence-corrected chi connectivity index (χ4v) is 3.06. The lowest BCUT2D eigenvalue weighted by atomic mass is 10.3. The van der Waals surface area contributed by atoms with E-state index in [9.17, 15) is 8.78 Å².